The van der Waals surface area contributed by atoms with E-state index in [1.165, 1.54) is 5.39 Å². The second kappa shape index (κ2) is 3.78. The van der Waals surface area contributed by atoms with E-state index in [4.69, 9.17) is 0 Å². The van der Waals surface area contributed by atoms with Crippen molar-refractivity contribution in [2.45, 2.75) is 6.92 Å². The fraction of sp³-hybridized carbons (Fsp3) is 0.0833. The predicted octanol–water partition coefficient (Wildman–Crippen LogP) is 2.59. The van der Waals surface area contributed by atoms with Crippen LogP contribution in [0.1, 0.15) is 5.69 Å². The molecule has 0 unspecified atom stereocenters. The van der Waals surface area contributed by atoms with Crippen molar-refractivity contribution in [3.05, 3.63) is 48.4 Å². The first-order valence-electron chi connectivity index (χ1n) is 4.59. The molecule has 0 fully saturated rings. The van der Waals surface area contributed by atoms with Crippen molar-refractivity contribution in [3.63, 3.8) is 0 Å². The van der Waals surface area contributed by atoms with Crippen LogP contribution in [0.4, 0.5) is 0 Å². The predicted molar refractivity (Wildman–Crippen MR) is 56.3 cm³/mol. The summed E-state index contributed by atoms with van der Waals surface area (Å²) in [6, 6.07) is 11.3. The Morgan fingerprint density at radius 1 is 1.33 bits per heavy atom. The summed E-state index contributed by atoms with van der Waals surface area (Å²) in [7, 11) is 0. The maximum absolute atomic E-state index is 4.38. The van der Waals surface area contributed by atoms with Gasteiger partial charge >= 0.3 is 0 Å². The molecule has 0 spiro atoms. The molecule has 0 saturated carbocycles. The SMILES string of the molecule is Cc1cnc2c3[c-]cccc3ccn12.[Pt]. The van der Waals surface area contributed by atoms with Crippen LogP contribution in [0.5, 0.6) is 0 Å². The molecule has 1 aromatic carbocycles. The molecule has 3 heteroatoms. The number of hydrogen-bond acceptors (Lipinski definition) is 1. The monoisotopic (exact) mass is 376 g/mol. The molecule has 0 N–H and O–H groups in total. The third-order valence-corrected chi connectivity index (χ3v) is 2.50. The van der Waals surface area contributed by atoms with Crippen molar-refractivity contribution in [1.29, 1.82) is 0 Å². The van der Waals surface area contributed by atoms with Crippen molar-refractivity contribution in [1.82, 2.24) is 9.38 Å². The summed E-state index contributed by atoms with van der Waals surface area (Å²) in [6.07, 6.45) is 3.93. The van der Waals surface area contributed by atoms with Crippen molar-refractivity contribution in [2.24, 2.45) is 0 Å². The van der Waals surface area contributed by atoms with Gasteiger partial charge in [0.25, 0.3) is 0 Å². The zero-order valence-corrected chi connectivity index (χ0v) is 10.4. The van der Waals surface area contributed by atoms with E-state index < -0.39 is 0 Å². The van der Waals surface area contributed by atoms with Gasteiger partial charge in [0.2, 0.25) is 0 Å². The smallest absolute Gasteiger partial charge is 0.0605 e. The second-order valence-electron chi connectivity index (χ2n) is 3.41. The summed E-state index contributed by atoms with van der Waals surface area (Å²) in [4.78, 5) is 4.38. The van der Waals surface area contributed by atoms with Crippen LogP contribution in [0, 0.1) is 13.0 Å². The molecule has 0 bridgehead atoms. The maximum Gasteiger partial charge on any atom is 0.0605 e. The number of fused-ring (bicyclic) bond motifs is 3. The number of nitrogens with zero attached hydrogens (tertiary/aromatic N) is 2. The zero-order valence-electron chi connectivity index (χ0n) is 8.17. The third-order valence-electron chi connectivity index (χ3n) is 2.50. The van der Waals surface area contributed by atoms with Gasteiger partial charge in [0.15, 0.2) is 0 Å². The van der Waals surface area contributed by atoms with Crippen LogP contribution in [-0.2, 0) is 21.1 Å². The Labute approximate surface area is 102 Å². The van der Waals surface area contributed by atoms with E-state index in [-0.39, 0.29) is 21.1 Å². The fourth-order valence-corrected chi connectivity index (χ4v) is 1.76. The van der Waals surface area contributed by atoms with Crippen molar-refractivity contribution in [3.8, 4) is 0 Å². The van der Waals surface area contributed by atoms with Gasteiger partial charge in [-0.2, -0.15) is 0 Å². The molecule has 3 rings (SSSR count). The van der Waals surface area contributed by atoms with Gasteiger partial charge in [-0.15, -0.1) is 35.0 Å². The molecule has 0 atom stereocenters. The molecule has 2 heterocycles. The number of aryl methyl sites for hydroxylation is 1. The molecule has 0 aliphatic heterocycles. The van der Waals surface area contributed by atoms with Crippen LogP contribution in [0.25, 0.3) is 16.4 Å². The molecule has 78 valence electrons. The van der Waals surface area contributed by atoms with Gasteiger partial charge in [0.1, 0.15) is 0 Å². The molecule has 0 saturated heterocycles. The Morgan fingerprint density at radius 2 is 2.20 bits per heavy atom. The fourth-order valence-electron chi connectivity index (χ4n) is 1.76. The minimum Gasteiger partial charge on any atom is -0.345 e. The molecule has 0 aliphatic rings. The standard InChI is InChI=1S/C12H9N2.Pt/c1-9-8-13-12-11-5-3-2-4-10(11)6-7-14(9)12;/h2-4,6-8H,1H3;/q-1;. The number of hydrogen-bond donors (Lipinski definition) is 0. The van der Waals surface area contributed by atoms with Crippen LogP contribution in [0.15, 0.2) is 36.7 Å². The number of imidazole rings is 1. The van der Waals surface area contributed by atoms with Crippen LogP contribution in [0.3, 0.4) is 0 Å². The molecular formula is C12H9N2Pt-. The van der Waals surface area contributed by atoms with Crippen LogP contribution in [0.2, 0.25) is 0 Å². The van der Waals surface area contributed by atoms with E-state index in [1.54, 1.807) is 0 Å². The van der Waals surface area contributed by atoms with Gasteiger partial charge in [-0.05, 0) is 13.1 Å². The largest absolute Gasteiger partial charge is 0.345 e. The van der Waals surface area contributed by atoms with E-state index in [2.05, 4.69) is 34.5 Å². The van der Waals surface area contributed by atoms with Crippen molar-refractivity contribution < 1.29 is 21.1 Å². The summed E-state index contributed by atoms with van der Waals surface area (Å²) in [5.74, 6) is 0. The van der Waals surface area contributed by atoms with E-state index in [0.29, 0.717) is 0 Å². The van der Waals surface area contributed by atoms with E-state index >= 15 is 0 Å². The quantitative estimate of drug-likeness (QED) is 0.552. The van der Waals surface area contributed by atoms with Crippen LogP contribution < -0.4 is 0 Å². The first-order valence-corrected chi connectivity index (χ1v) is 4.59. The average Bonchev–Trinajstić information content (AvgIpc) is 2.61. The Bertz CT molecular complexity index is 613. The Hall–Kier alpha value is -1.14. The molecule has 0 aliphatic carbocycles. The van der Waals surface area contributed by atoms with Gasteiger partial charge in [-0.25, -0.2) is 0 Å². The number of pyridine rings is 1. The summed E-state index contributed by atoms with van der Waals surface area (Å²) in [5, 5.41) is 2.27. The Morgan fingerprint density at radius 3 is 3.07 bits per heavy atom. The summed E-state index contributed by atoms with van der Waals surface area (Å²) in [5.41, 5.74) is 2.14. The van der Waals surface area contributed by atoms with Crippen molar-refractivity contribution >= 4 is 16.4 Å². The minimum atomic E-state index is 0. The zero-order chi connectivity index (χ0) is 9.54. The molecule has 2 aromatic heterocycles. The first-order chi connectivity index (χ1) is 6.86. The molecule has 2 nitrogen and oxygen atoms in total. The van der Waals surface area contributed by atoms with Gasteiger partial charge < -0.3 is 4.40 Å². The van der Waals surface area contributed by atoms with E-state index in [1.807, 2.05) is 24.5 Å². The summed E-state index contributed by atoms with van der Waals surface area (Å²) in [6.45, 7) is 2.05. The van der Waals surface area contributed by atoms with Gasteiger partial charge in [-0.1, -0.05) is 6.07 Å². The summed E-state index contributed by atoms with van der Waals surface area (Å²) < 4.78 is 2.08. The van der Waals surface area contributed by atoms with Crippen molar-refractivity contribution in [2.75, 3.05) is 0 Å². The molecular weight excluding hydrogens is 367 g/mol. The van der Waals surface area contributed by atoms with Crippen LogP contribution in [-0.4, -0.2) is 9.38 Å². The average molecular weight is 376 g/mol. The van der Waals surface area contributed by atoms with E-state index in [0.717, 1.165) is 16.7 Å². The van der Waals surface area contributed by atoms with Gasteiger partial charge in [0.05, 0.1) is 5.65 Å². The molecule has 0 radical (unpaired) electrons. The Balaban J connectivity index is 0.000000853. The summed E-state index contributed by atoms with van der Waals surface area (Å²) >= 11 is 0. The number of benzene rings is 1. The van der Waals surface area contributed by atoms with E-state index in [9.17, 15) is 0 Å². The normalized spacial score (nSPS) is 10.5. The third kappa shape index (κ3) is 1.49. The van der Waals surface area contributed by atoms with Crippen LogP contribution >= 0.6 is 0 Å². The van der Waals surface area contributed by atoms with Gasteiger partial charge in [-0.3, -0.25) is 4.98 Å². The topological polar surface area (TPSA) is 17.3 Å². The molecule has 0 amide bonds. The maximum atomic E-state index is 4.38. The number of rotatable bonds is 0. The minimum absolute atomic E-state index is 0. The first kappa shape index (κ1) is 10.4. The molecule has 15 heavy (non-hydrogen) atoms. The molecule has 3 aromatic rings. The van der Waals surface area contributed by atoms with Gasteiger partial charge in [0, 0.05) is 33.0 Å². The second-order valence-corrected chi connectivity index (χ2v) is 3.41. The Kier molecular flexibility index (Phi) is 2.62. The number of aromatic nitrogens is 2.